The zero-order chi connectivity index (χ0) is 19.3. The van der Waals surface area contributed by atoms with Crippen LogP contribution in [0.1, 0.15) is 18.2 Å². The Balaban J connectivity index is 1.25. The summed E-state index contributed by atoms with van der Waals surface area (Å²) in [6.45, 7) is 1.67. The average molecular weight is 400 g/mol. The number of ether oxygens (including phenoxy) is 3. The van der Waals surface area contributed by atoms with Gasteiger partial charge in [-0.25, -0.2) is 4.79 Å². The van der Waals surface area contributed by atoms with Crippen molar-refractivity contribution >= 4 is 23.0 Å². The maximum Gasteiger partial charge on any atom is 0.347 e. The molecule has 0 unspecified atom stereocenters. The van der Waals surface area contributed by atoms with Crippen molar-refractivity contribution < 1.29 is 28.4 Å². The molecule has 9 heteroatoms. The van der Waals surface area contributed by atoms with E-state index in [9.17, 15) is 4.79 Å². The van der Waals surface area contributed by atoms with Crippen molar-refractivity contribution in [2.75, 3.05) is 13.4 Å². The van der Waals surface area contributed by atoms with Crippen molar-refractivity contribution in [3.05, 3.63) is 53.0 Å². The van der Waals surface area contributed by atoms with Crippen molar-refractivity contribution in [2.45, 2.75) is 13.5 Å². The van der Waals surface area contributed by atoms with Crippen molar-refractivity contribution in [3.8, 4) is 22.1 Å². The normalized spacial score (nSPS) is 12.8. The predicted octanol–water partition coefficient (Wildman–Crippen LogP) is 3.62. The third-order valence-electron chi connectivity index (χ3n) is 3.88. The van der Waals surface area contributed by atoms with E-state index in [0.717, 1.165) is 10.4 Å². The van der Waals surface area contributed by atoms with Gasteiger partial charge in [0.1, 0.15) is 12.3 Å². The first kappa shape index (κ1) is 18.1. The molecule has 0 amide bonds. The summed E-state index contributed by atoms with van der Waals surface area (Å²) in [4.78, 5) is 17.9. The maximum absolute atomic E-state index is 11.8. The van der Waals surface area contributed by atoms with Crippen LogP contribution < -0.4 is 9.47 Å². The molecule has 0 aliphatic carbocycles. The Labute approximate surface area is 164 Å². The van der Waals surface area contributed by atoms with Gasteiger partial charge in [0.25, 0.3) is 0 Å². The number of thiophene rings is 1. The van der Waals surface area contributed by atoms with Crippen LogP contribution in [0.25, 0.3) is 10.6 Å². The zero-order valence-corrected chi connectivity index (χ0v) is 15.7. The van der Waals surface area contributed by atoms with Gasteiger partial charge in [-0.1, -0.05) is 16.4 Å². The van der Waals surface area contributed by atoms with Crippen molar-refractivity contribution in [1.82, 2.24) is 5.16 Å². The fraction of sp³-hybridized carbons (Fsp3) is 0.211. The van der Waals surface area contributed by atoms with Gasteiger partial charge in [0.15, 0.2) is 17.3 Å². The summed E-state index contributed by atoms with van der Waals surface area (Å²) in [6.07, 6.45) is 0. The molecule has 0 fully saturated rings. The number of hydrogen-bond donors (Lipinski definition) is 0. The predicted molar refractivity (Wildman–Crippen MR) is 100 cm³/mol. The zero-order valence-electron chi connectivity index (χ0n) is 14.9. The van der Waals surface area contributed by atoms with Crippen LogP contribution in [-0.2, 0) is 21.0 Å². The first-order valence-electron chi connectivity index (χ1n) is 8.41. The molecule has 3 heterocycles. The number of oxime groups is 1. The molecule has 0 N–H and O–H groups in total. The van der Waals surface area contributed by atoms with Crippen LogP contribution in [0.2, 0.25) is 0 Å². The topological polar surface area (TPSA) is 92.4 Å². The number of carbonyl (C=O) groups is 1. The molecule has 0 radical (unpaired) electrons. The molecule has 8 nitrogen and oxygen atoms in total. The lowest BCUT2D eigenvalue weighted by molar-refractivity contribution is -0.150. The molecular weight excluding hydrogens is 384 g/mol. The Kier molecular flexibility index (Phi) is 5.24. The fourth-order valence-electron chi connectivity index (χ4n) is 2.47. The van der Waals surface area contributed by atoms with Gasteiger partial charge in [-0.3, -0.25) is 0 Å². The smallest absolute Gasteiger partial charge is 0.347 e. The van der Waals surface area contributed by atoms with Crippen LogP contribution in [0.5, 0.6) is 11.5 Å². The third kappa shape index (κ3) is 4.15. The minimum atomic E-state index is -0.553. The van der Waals surface area contributed by atoms with Gasteiger partial charge in [-0.2, -0.15) is 0 Å². The van der Waals surface area contributed by atoms with E-state index in [4.69, 9.17) is 23.6 Å². The molecule has 28 heavy (non-hydrogen) atoms. The van der Waals surface area contributed by atoms with Crippen LogP contribution in [0.15, 0.2) is 51.5 Å². The summed E-state index contributed by atoms with van der Waals surface area (Å²) in [5, 5.41) is 9.77. The van der Waals surface area contributed by atoms with E-state index in [1.165, 1.54) is 0 Å². The molecule has 1 aliphatic heterocycles. The number of hydrogen-bond acceptors (Lipinski definition) is 9. The summed E-state index contributed by atoms with van der Waals surface area (Å²) in [5.41, 5.74) is 1.93. The number of nitrogens with zero attached hydrogens (tertiary/aromatic N) is 2. The van der Waals surface area contributed by atoms with E-state index in [1.807, 2.05) is 23.6 Å². The van der Waals surface area contributed by atoms with E-state index in [-0.39, 0.29) is 20.0 Å². The van der Waals surface area contributed by atoms with E-state index < -0.39 is 5.97 Å². The maximum atomic E-state index is 11.8. The van der Waals surface area contributed by atoms with Gasteiger partial charge >= 0.3 is 5.97 Å². The lowest BCUT2D eigenvalue weighted by atomic mass is 10.1. The largest absolute Gasteiger partial charge is 0.456 e. The summed E-state index contributed by atoms with van der Waals surface area (Å²) in [7, 11) is 0. The highest BCUT2D eigenvalue weighted by atomic mass is 32.1. The van der Waals surface area contributed by atoms with E-state index in [2.05, 4.69) is 10.3 Å². The summed E-state index contributed by atoms with van der Waals surface area (Å²) in [6, 6.07) is 11.0. The number of esters is 1. The van der Waals surface area contributed by atoms with Gasteiger partial charge in [0, 0.05) is 11.6 Å². The van der Waals surface area contributed by atoms with E-state index in [1.54, 1.807) is 36.5 Å². The monoisotopic (exact) mass is 400 g/mol. The minimum absolute atomic E-state index is 0.00191. The standard InChI is InChI=1S/C19H16N2O6S/c1-12(13-4-5-15-16(7-13)25-11-24-15)20-26-10-19(22)23-9-14-8-17(27-21-14)18-3-2-6-28-18/h2-8H,9-11H2,1H3/b20-12+. The third-order valence-corrected chi connectivity index (χ3v) is 4.76. The first-order valence-corrected chi connectivity index (χ1v) is 9.28. The number of fused-ring (bicyclic) bond motifs is 1. The average Bonchev–Trinajstić information content (AvgIpc) is 3.46. The Morgan fingerprint density at radius 3 is 3.00 bits per heavy atom. The molecular formula is C19H16N2O6S. The molecule has 1 aromatic carbocycles. The molecule has 0 atom stereocenters. The molecule has 1 aliphatic rings. The SMILES string of the molecule is C/C(=N\OCC(=O)OCc1cc(-c2cccs2)on1)c1ccc2c(c1)OCO2. The highest BCUT2D eigenvalue weighted by molar-refractivity contribution is 7.13. The van der Waals surface area contributed by atoms with Gasteiger partial charge in [-0.05, 0) is 36.6 Å². The number of benzene rings is 1. The number of rotatable bonds is 7. The Morgan fingerprint density at radius 1 is 1.25 bits per heavy atom. The van der Waals surface area contributed by atoms with Crippen LogP contribution in [0.4, 0.5) is 0 Å². The van der Waals surface area contributed by atoms with Crippen LogP contribution in [0, 0.1) is 0 Å². The molecule has 0 saturated heterocycles. The second-order valence-electron chi connectivity index (χ2n) is 5.84. The fourth-order valence-corrected chi connectivity index (χ4v) is 3.14. The lowest BCUT2D eigenvalue weighted by Crippen LogP contribution is -2.11. The van der Waals surface area contributed by atoms with Crippen LogP contribution >= 0.6 is 11.3 Å². The lowest BCUT2D eigenvalue weighted by Gasteiger charge is -2.04. The first-order chi connectivity index (χ1) is 13.7. The van der Waals surface area contributed by atoms with Gasteiger partial charge in [0.2, 0.25) is 13.4 Å². The van der Waals surface area contributed by atoms with E-state index >= 15 is 0 Å². The van der Waals surface area contributed by atoms with Crippen LogP contribution in [-0.4, -0.2) is 30.2 Å². The Bertz CT molecular complexity index is 996. The van der Waals surface area contributed by atoms with Gasteiger partial charge in [0.05, 0.1) is 10.6 Å². The van der Waals surface area contributed by atoms with E-state index in [0.29, 0.717) is 28.7 Å². The van der Waals surface area contributed by atoms with Gasteiger partial charge < -0.3 is 23.6 Å². The quantitative estimate of drug-likeness (QED) is 0.340. The van der Waals surface area contributed by atoms with Crippen molar-refractivity contribution in [2.24, 2.45) is 5.16 Å². The summed E-state index contributed by atoms with van der Waals surface area (Å²) >= 11 is 1.54. The molecule has 4 rings (SSSR count). The summed E-state index contributed by atoms with van der Waals surface area (Å²) < 4.78 is 20.9. The number of carbonyl (C=O) groups excluding carboxylic acids is 1. The molecule has 0 saturated carbocycles. The molecule has 144 valence electrons. The van der Waals surface area contributed by atoms with Crippen molar-refractivity contribution in [1.29, 1.82) is 0 Å². The highest BCUT2D eigenvalue weighted by Crippen LogP contribution is 2.32. The number of aromatic nitrogens is 1. The molecule has 3 aromatic rings. The Morgan fingerprint density at radius 2 is 2.14 bits per heavy atom. The van der Waals surface area contributed by atoms with Crippen LogP contribution in [0.3, 0.4) is 0 Å². The minimum Gasteiger partial charge on any atom is -0.456 e. The Hall–Kier alpha value is -3.33. The second kappa shape index (κ2) is 8.13. The van der Waals surface area contributed by atoms with Gasteiger partial charge in [-0.15, -0.1) is 11.3 Å². The molecule has 0 spiro atoms. The second-order valence-corrected chi connectivity index (χ2v) is 6.79. The van der Waals surface area contributed by atoms with Crippen molar-refractivity contribution in [3.63, 3.8) is 0 Å². The highest BCUT2D eigenvalue weighted by Gasteiger charge is 2.14. The summed E-state index contributed by atoms with van der Waals surface area (Å²) in [5.74, 6) is 1.43. The molecule has 0 bridgehead atoms. The molecule has 2 aromatic heterocycles.